The third-order valence-corrected chi connectivity index (χ3v) is 6.61. The lowest BCUT2D eigenvalue weighted by molar-refractivity contribution is 0.102. The van der Waals surface area contributed by atoms with Crippen LogP contribution < -0.4 is 10.6 Å². The molecule has 31 heavy (non-hydrogen) atoms. The van der Waals surface area contributed by atoms with Gasteiger partial charge in [0.1, 0.15) is 0 Å². The van der Waals surface area contributed by atoms with Crippen molar-refractivity contribution in [3.05, 3.63) is 108 Å². The topological polar surface area (TPSA) is 56.9 Å². The van der Waals surface area contributed by atoms with Crippen molar-refractivity contribution in [2.45, 2.75) is 18.4 Å². The molecule has 3 aromatic carbocycles. The number of benzene rings is 3. The molecule has 4 heteroatoms. The SMILES string of the molecule is O=C(Nc1ccc2c(c1)C1C=CCC1C(c1c[nH]c3ccccc13)N2)c1ccccc1. The van der Waals surface area contributed by atoms with Gasteiger partial charge in [-0.25, -0.2) is 0 Å². The zero-order chi connectivity index (χ0) is 20.8. The molecule has 6 rings (SSSR count). The highest BCUT2D eigenvalue weighted by Gasteiger charge is 2.38. The second kappa shape index (κ2) is 7.17. The lowest BCUT2D eigenvalue weighted by Crippen LogP contribution is -2.29. The Morgan fingerprint density at radius 2 is 1.77 bits per heavy atom. The highest BCUT2D eigenvalue weighted by Crippen LogP contribution is 2.51. The number of fused-ring (bicyclic) bond motifs is 4. The van der Waals surface area contributed by atoms with Crippen LogP contribution in [0, 0.1) is 5.92 Å². The molecular formula is C27H23N3O. The molecule has 3 N–H and O–H groups in total. The van der Waals surface area contributed by atoms with E-state index >= 15 is 0 Å². The Morgan fingerprint density at radius 3 is 2.68 bits per heavy atom. The van der Waals surface area contributed by atoms with Crippen LogP contribution in [0.5, 0.6) is 0 Å². The van der Waals surface area contributed by atoms with Crippen LogP contribution in [0.2, 0.25) is 0 Å². The number of para-hydroxylation sites is 1. The molecule has 0 radical (unpaired) electrons. The van der Waals surface area contributed by atoms with Gasteiger partial charge in [-0.2, -0.15) is 0 Å². The van der Waals surface area contributed by atoms with E-state index in [2.05, 4.69) is 70.4 Å². The second-order valence-electron chi connectivity index (χ2n) is 8.39. The average molecular weight is 406 g/mol. The number of allylic oxidation sites excluding steroid dienone is 2. The minimum Gasteiger partial charge on any atom is -0.378 e. The number of carbonyl (C=O) groups is 1. The molecule has 4 nitrogen and oxygen atoms in total. The lowest BCUT2D eigenvalue weighted by Gasteiger charge is -2.37. The monoisotopic (exact) mass is 405 g/mol. The molecule has 2 heterocycles. The quantitative estimate of drug-likeness (QED) is 0.353. The maximum Gasteiger partial charge on any atom is 0.255 e. The average Bonchev–Trinajstić information content (AvgIpc) is 3.47. The minimum absolute atomic E-state index is 0.0838. The van der Waals surface area contributed by atoms with E-state index in [0.29, 0.717) is 17.4 Å². The Morgan fingerprint density at radius 1 is 0.935 bits per heavy atom. The van der Waals surface area contributed by atoms with E-state index in [0.717, 1.165) is 17.8 Å². The third-order valence-electron chi connectivity index (χ3n) is 6.61. The van der Waals surface area contributed by atoms with Crippen LogP contribution >= 0.6 is 0 Å². The van der Waals surface area contributed by atoms with Crippen molar-refractivity contribution in [3.8, 4) is 0 Å². The number of rotatable bonds is 3. The summed E-state index contributed by atoms with van der Waals surface area (Å²) in [6.07, 6.45) is 7.82. The van der Waals surface area contributed by atoms with E-state index in [-0.39, 0.29) is 11.9 Å². The van der Waals surface area contributed by atoms with Gasteiger partial charge in [0.2, 0.25) is 0 Å². The van der Waals surface area contributed by atoms with Crippen LogP contribution in [-0.4, -0.2) is 10.9 Å². The van der Waals surface area contributed by atoms with Gasteiger partial charge < -0.3 is 15.6 Å². The van der Waals surface area contributed by atoms with Crippen molar-refractivity contribution in [2.24, 2.45) is 5.92 Å². The predicted molar refractivity (Wildman–Crippen MR) is 125 cm³/mol. The molecule has 0 saturated heterocycles. The van der Waals surface area contributed by atoms with Gasteiger partial charge in [0.15, 0.2) is 0 Å². The summed E-state index contributed by atoms with van der Waals surface area (Å²) in [7, 11) is 0. The maximum atomic E-state index is 12.6. The van der Waals surface area contributed by atoms with Gasteiger partial charge in [-0.1, -0.05) is 48.6 Å². The van der Waals surface area contributed by atoms with E-state index in [1.54, 1.807) is 0 Å². The second-order valence-corrected chi connectivity index (χ2v) is 8.39. The third kappa shape index (κ3) is 3.03. The molecule has 152 valence electrons. The number of aromatic amines is 1. The molecule has 1 aliphatic carbocycles. The summed E-state index contributed by atoms with van der Waals surface area (Å²) in [6.45, 7) is 0. The molecule has 0 spiro atoms. The molecule has 1 aromatic heterocycles. The Balaban J connectivity index is 1.34. The number of hydrogen-bond acceptors (Lipinski definition) is 2. The van der Waals surface area contributed by atoms with Crippen molar-refractivity contribution < 1.29 is 4.79 Å². The van der Waals surface area contributed by atoms with Crippen molar-refractivity contribution >= 4 is 28.2 Å². The first-order valence-corrected chi connectivity index (χ1v) is 10.8. The molecule has 1 aliphatic heterocycles. The fourth-order valence-electron chi connectivity index (χ4n) is 5.12. The molecule has 3 atom stereocenters. The zero-order valence-electron chi connectivity index (χ0n) is 17.0. The first kappa shape index (κ1) is 18.0. The summed E-state index contributed by atoms with van der Waals surface area (Å²) in [5, 5.41) is 8.14. The van der Waals surface area contributed by atoms with Crippen molar-refractivity contribution in [1.82, 2.24) is 4.98 Å². The first-order chi connectivity index (χ1) is 15.3. The molecule has 0 saturated carbocycles. The normalized spacial score (nSPS) is 21.4. The van der Waals surface area contributed by atoms with Gasteiger partial charge in [-0.15, -0.1) is 0 Å². The lowest BCUT2D eigenvalue weighted by atomic mass is 9.77. The number of carbonyl (C=O) groups excluding carboxylic acids is 1. The van der Waals surface area contributed by atoms with Crippen LogP contribution in [-0.2, 0) is 0 Å². The Kier molecular flexibility index (Phi) is 4.17. The first-order valence-electron chi connectivity index (χ1n) is 10.8. The van der Waals surface area contributed by atoms with Gasteiger partial charge in [0.05, 0.1) is 6.04 Å². The highest BCUT2D eigenvalue weighted by molar-refractivity contribution is 6.04. The number of nitrogens with one attached hydrogen (secondary N) is 3. The van der Waals surface area contributed by atoms with Crippen LogP contribution in [0.15, 0.2) is 91.1 Å². The summed E-state index contributed by atoms with van der Waals surface area (Å²) in [4.78, 5) is 16.0. The molecule has 3 unspecified atom stereocenters. The van der Waals surface area contributed by atoms with Crippen molar-refractivity contribution in [2.75, 3.05) is 10.6 Å². The molecular weight excluding hydrogens is 382 g/mol. The summed E-state index contributed by atoms with van der Waals surface area (Å²) < 4.78 is 0. The largest absolute Gasteiger partial charge is 0.378 e. The number of aromatic nitrogens is 1. The Labute approximate surface area is 181 Å². The van der Waals surface area contributed by atoms with Gasteiger partial charge in [0.25, 0.3) is 5.91 Å². The Hall–Kier alpha value is -3.79. The van der Waals surface area contributed by atoms with Gasteiger partial charge >= 0.3 is 0 Å². The van der Waals surface area contributed by atoms with Crippen molar-refractivity contribution in [3.63, 3.8) is 0 Å². The summed E-state index contributed by atoms with van der Waals surface area (Å²) in [5.41, 5.74) is 6.38. The molecule has 0 bridgehead atoms. The highest BCUT2D eigenvalue weighted by atomic mass is 16.1. The smallest absolute Gasteiger partial charge is 0.255 e. The van der Waals surface area contributed by atoms with Crippen LogP contribution in [0.1, 0.15) is 39.9 Å². The maximum absolute atomic E-state index is 12.6. The van der Waals surface area contributed by atoms with E-state index in [1.165, 1.54) is 22.0 Å². The van der Waals surface area contributed by atoms with E-state index in [1.807, 2.05) is 36.4 Å². The number of H-pyrrole nitrogens is 1. The standard InChI is InChI=1S/C27H23N3O/c31-27(17-7-2-1-3-8-17)29-18-13-14-25-22(15-18)19-10-6-11-21(19)26(30-25)23-16-28-24-12-5-4-9-20(23)24/h1-10,12-16,19,21,26,28,30H,11H2,(H,29,31). The molecule has 1 amide bonds. The molecule has 4 aromatic rings. The number of hydrogen-bond donors (Lipinski definition) is 3. The number of amides is 1. The van der Waals surface area contributed by atoms with Crippen molar-refractivity contribution in [1.29, 1.82) is 0 Å². The van der Waals surface area contributed by atoms with Crippen LogP contribution in [0.4, 0.5) is 11.4 Å². The van der Waals surface area contributed by atoms with E-state index in [9.17, 15) is 4.79 Å². The summed E-state index contributed by atoms with van der Waals surface area (Å²) >= 11 is 0. The number of anilines is 2. The van der Waals surface area contributed by atoms with Gasteiger partial charge in [-0.3, -0.25) is 4.79 Å². The minimum atomic E-state index is -0.0838. The van der Waals surface area contributed by atoms with E-state index < -0.39 is 0 Å². The zero-order valence-corrected chi connectivity index (χ0v) is 17.0. The van der Waals surface area contributed by atoms with Gasteiger partial charge in [-0.05, 0) is 59.9 Å². The summed E-state index contributed by atoms with van der Waals surface area (Å²) in [6, 6.07) is 24.3. The fourth-order valence-corrected chi connectivity index (χ4v) is 5.12. The fraction of sp³-hybridized carbons (Fsp3) is 0.148. The van der Waals surface area contributed by atoms with Gasteiger partial charge in [0, 0.05) is 40.0 Å². The summed E-state index contributed by atoms with van der Waals surface area (Å²) in [5.74, 6) is 0.703. The molecule has 2 aliphatic rings. The van der Waals surface area contributed by atoms with E-state index in [4.69, 9.17) is 0 Å². The van der Waals surface area contributed by atoms with Crippen LogP contribution in [0.3, 0.4) is 0 Å². The Bertz CT molecular complexity index is 1300. The molecule has 0 fully saturated rings. The predicted octanol–water partition coefficient (Wildman–Crippen LogP) is 6.25. The van der Waals surface area contributed by atoms with Crippen LogP contribution in [0.25, 0.3) is 10.9 Å².